The van der Waals surface area contributed by atoms with E-state index in [-0.39, 0.29) is 0 Å². The summed E-state index contributed by atoms with van der Waals surface area (Å²) in [7, 11) is 0. The Morgan fingerprint density at radius 2 is 2.00 bits per heavy atom. The fourth-order valence-electron chi connectivity index (χ4n) is 0.620. The molecule has 0 saturated carbocycles. The smallest absolute Gasteiger partial charge is 0.00305 e. The van der Waals surface area contributed by atoms with Crippen molar-refractivity contribution >= 4 is 11.8 Å². The Labute approximate surface area is 56.0 Å². The van der Waals surface area contributed by atoms with E-state index in [4.69, 9.17) is 5.73 Å². The lowest BCUT2D eigenvalue weighted by Crippen LogP contribution is -2.18. The molecule has 0 aliphatic heterocycles. The van der Waals surface area contributed by atoms with Gasteiger partial charge in [-0.1, -0.05) is 6.92 Å². The summed E-state index contributed by atoms with van der Waals surface area (Å²) in [6, 6.07) is 0.359. The molecule has 0 amide bonds. The Hall–Kier alpha value is 0.310. The van der Waals surface area contributed by atoms with Crippen molar-refractivity contribution < 1.29 is 0 Å². The molecule has 1 nitrogen and oxygen atoms in total. The molecule has 0 saturated heterocycles. The highest BCUT2D eigenvalue weighted by atomic mass is 32.2. The van der Waals surface area contributed by atoms with Crippen LogP contribution in [-0.2, 0) is 0 Å². The first-order valence-corrected chi connectivity index (χ1v) is 4.24. The maximum Gasteiger partial charge on any atom is 0.00305 e. The Morgan fingerprint density at radius 1 is 1.50 bits per heavy atom. The molecule has 0 aromatic rings. The third-order valence-electron chi connectivity index (χ3n) is 1.11. The van der Waals surface area contributed by atoms with Gasteiger partial charge in [0.15, 0.2) is 0 Å². The molecule has 0 heterocycles. The van der Waals surface area contributed by atoms with Crippen LogP contribution < -0.4 is 5.73 Å². The van der Waals surface area contributed by atoms with Gasteiger partial charge in [0.25, 0.3) is 0 Å². The highest BCUT2D eigenvalue weighted by Crippen LogP contribution is 2.10. The third-order valence-corrected chi connectivity index (χ3v) is 2.10. The predicted molar refractivity (Wildman–Crippen MR) is 41.2 cm³/mol. The monoisotopic (exact) mass is 133 g/mol. The van der Waals surface area contributed by atoms with E-state index in [1.807, 2.05) is 18.7 Å². The van der Waals surface area contributed by atoms with Gasteiger partial charge in [0.1, 0.15) is 0 Å². The predicted octanol–water partition coefficient (Wildman–Crippen LogP) is 1.48. The highest BCUT2D eigenvalue weighted by Gasteiger charge is 2.00. The second-order valence-electron chi connectivity index (χ2n) is 2.26. The summed E-state index contributed by atoms with van der Waals surface area (Å²) < 4.78 is 0. The molecule has 50 valence electrons. The van der Waals surface area contributed by atoms with Crippen LogP contribution in [0.25, 0.3) is 0 Å². The Kier molecular flexibility index (Phi) is 4.38. The van der Waals surface area contributed by atoms with E-state index >= 15 is 0 Å². The molecule has 0 aliphatic rings. The Bertz CT molecular complexity index is 54.5. The molecule has 0 fully saturated rings. The second-order valence-corrected chi connectivity index (χ2v) is 3.54. The van der Waals surface area contributed by atoms with Crippen molar-refractivity contribution in [1.29, 1.82) is 0 Å². The first-order valence-electron chi connectivity index (χ1n) is 2.95. The molecule has 2 heteroatoms. The van der Waals surface area contributed by atoms with Gasteiger partial charge in [-0.15, -0.1) is 0 Å². The van der Waals surface area contributed by atoms with Gasteiger partial charge in [0, 0.05) is 11.3 Å². The topological polar surface area (TPSA) is 26.0 Å². The number of thioether (sulfide) groups is 1. The van der Waals surface area contributed by atoms with Gasteiger partial charge >= 0.3 is 0 Å². The van der Waals surface area contributed by atoms with Crippen LogP contribution in [0.5, 0.6) is 0 Å². The van der Waals surface area contributed by atoms with Gasteiger partial charge in [-0.2, -0.15) is 11.8 Å². The van der Waals surface area contributed by atoms with Gasteiger partial charge < -0.3 is 5.73 Å². The Balaban J connectivity index is 3.10. The van der Waals surface area contributed by atoms with Crippen LogP contribution in [0.2, 0.25) is 0 Å². The summed E-state index contributed by atoms with van der Waals surface area (Å²) in [6.07, 6.45) is 3.24. The van der Waals surface area contributed by atoms with Gasteiger partial charge in [-0.3, -0.25) is 0 Å². The fraction of sp³-hybridized carbons (Fsp3) is 1.00. The average molecular weight is 133 g/mol. The van der Waals surface area contributed by atoms with Crippen molar-refractivity contribution in [3.05, 3.63) is 0 Å². The van der Waals surface area contributed by atoms with Gasteiger partial charge in [0.05, 0.1) is 0 Å². The summed E-state index contributed by atoms with van der Waals surface area (Å²) >= 11 is 1.87. The van der Waals surface area contributed by atoms with Crippen LogP contribution >= 0.6 is 11.8 Å². The molecule has 0 spiro atoms. The van der Waals surface area contributed by atoms with Crippen LogP contribution in [0.1, 0.15) is 20.3 Å². The molecule has 2 N–H and O–H groups in total. The van der Waals surface area contributed by atoms with Crippen molar-refractivity contribution in [3.63, 3.8) is 0 Å². The standard InChI is InChI=1S/C6H15NS/c1-5(7)4-6(2)8-3/h5-6H,4,7H2,1-3H3. The number of nitrogens with two attached hydrogens (primary N) is 1. The number of hydrogen-bond donors (Lipinski definition) is 1. The van der Waals surface area contributed by atoms with Crippen molar-refractivity contribution in [1.82, 2.24) is 0 Å². The first-order chi connectivity index (χ1) is 3.66. The summed E-state index contributed by atoms with van der Waals surface area (Å²) in [5.74, 6) is 0. The zero-order valence-electron chi connectivity index (χ0n) is 5.85. The molecule has 0 aliphatic carbocycles. The lowest BCUT2D eigenvalue weighted by molar-refractivity contribution is 0.664. The van der Waals surface area contributed by atoms with Crippen LogP contribution in [0.15, 0.2) is 0 Å². The van der Waals surface area contributed by atoms with Crippen LogP contribution in [0, 0.1) is 0 Å². The Morgan fingerprint density at radius 3 is 2.12 bits per heavy atom. The zero-order chi connectivity index (χ0) is 6.57. The quantitative estimate of drug-likeness (QED) is 0.631. The molecule has 2 atom stereocenters. The summed E-state index contributed by atoms with van der Waals surface area (Å²) in [5.41, 5.74) is 5.56. The SMILES string of the molecule is CSC(C)CC(C)N. The molecular weight excluding hydrogens is 118 g/mol. The van der Waals surface area contributed by atoms with E-state index in [0.717, 1.165) is 11.7 Å². The molecule has 0 aromatic heterocycles. The minimum atomic E-state index is 0.359. The third kappa shape index (κ3) is 4.47. The van der Waals surface area contributed by atoms with E-state index in [0.29, 0.717) is 6.04 Å². The minimum Gasteiger partial charge on any atom is -0.328 e. The lowest BCUT2D eigenvalue weighted by atomic mass is 10.2. The molecule has 8 heavy (non-hydrogen) atoms. The van der Waals surface area contributed by atoms with Crippen LogP contribution in [0.3, 0.4) is 0 Å². The minimum absolute atomic E-state index is 0.359. The normalized spacial score (nSPS) is 18.0. The van der Waals surface area contributed by atoms with Gasteiger partial charge in [0.2, 0.25) is 0 Å². The number of rotatable bonds is 3. The van der Waals surface area contributed by atoms with E-state index in [9.17, 15) is 0 Å². The summed E-state index contributed by atoms with van der Waals surface area (Å²) in [4.78, 5) is 0. The molecule has 0 bridgehead atoms. The molecule has 0 aromatic carbocycles. The van der Waals surface area contributed by atoms with E-state index in [2.05, 4.69) is 13.2 Å². The maximum atomic E-state index is 5.56. The van der Waals surface area contributed by atoms with Crippen LogP contribution in [-0.4, -0.2) is 17.5 Å². The van der Waals surface area contributed by atoms with Crippen molar-refractivity contribution in [2.24, 2.45) is 5.73 Å². The average Bonchev–Trinajstić information content (AvgIpc) is 1.65. The fourth-order valence-corrected chi connectivity index (χ4v) is 1.12. The van der Waals surface area contributed by atoms with Gasteiger partial charge in [-0.25, -0.2) is 0 Å². The molecule has 2 unspecified atom stereocenters. The molecule has 0 radical (unpaired) electrons. The van der Waals surface area contributed by atoms with Gasteiger partial charge in [-0.05, 0) is 19.6 Å². The first kappa shape index (κ1) is 8.31. The second kappa shape index (κ2) is 4.21. The van der Waals surface area contributed by atoms with Crippen molar-refractivity contribution in [3.8, 4) is 0 Å². The largest absolute Gasteiger partial charge is 0.328 e. The number of hydrogen-bond acceptors (Lipinski definition) is 2. The lowest BCUT2D eigenvalue weighted by Gasteiger charge is -2.09. The molecule has 0 rings (SSSR count). The highest BCUT2D eigenvalue weighted by molar-refractivity contribution is 7.99. The van der Waals surface area contributed by atoms with Crippen molar-refractivity contribution in [2.45, 2.75) is 31.6 Å². The van der Waals surface area contributed by atoms with Crippen LogP contribution in [0.4, 0.5) is 0 Å². The molecular formula is C6H15NS. The summed E-state index contributed by atoms with van der Waals surface area (Å²) in [6.45, 7) is 4.25. The van der Waals surface area contributed by atoms with E-state index in [1.165, 1.54) is 0 Å². The van der Waals surface area contributed by atoms with Crippen molar-refractivity contribution in [2.75, 3.05) is 6.26 Å². The van der Waals surface area contributed by atoms with E-state index in [1.54, 1.807) is 0 Å². The summed E-state index contributed by atoms with van der Waals surface area (Å²) in [5, 5.41) is 0.718. The maximum absolute atomic E-state index is 5.56. The zero-order valence-corrected chi connectivity index (χ0v) is 6.66. The van der Waals surface area contributed by atoms with E-state index < -0.39 is 0 Å².